The molecule has 2 aromatic heterocycles. The summed E-state index contributed by atoms with van der Waals surface area (Å²) in [5.41, 5.74) is 0.408. The van der Waals surface area contributed by atoms with Crippen molar-refractivity contribution in [3.8, 4) is 0 Å². The summed E-state index contributed by atoms with van der Waals surface area (Å²) in [5, 5.41) is 0. The predicted molar refractivity (Wildman–Crippen MR) is 89.0 cm³/mol. The zero-order valence-corrected chi connectivity index (χ0v) is 13.8. The van der Waals surface area contributed by atoms with Gasteiger partial charge in [-0.25, -0.2) is 9.97 Å². The fourth-order valence-electron chi connectivity index (χ4n) is 3.33. The molecule has 7 heteroatoms. The van der Waals surface area contributed by atoms with Gasteiger partial charge in [0.1, 0.15) is 12.1 Å². The van der Waals surface area contributed by atoms with E-state index in [4.69, 9.17) is 4.42 Å². The zero-order valence-electron chi connectivity index (χ0n) is 13.8. The monoisotopic (exact) mass is 327 g/mol. The van der Waals surface area contributed by atoms with Crippen molar-refractivity contribution in [2.75, 3.05) is 44.2 Å². The molecule has 2 fully saturated rings. The summed E-state index contributed by atoms with van der Waals surface area (Å²) in [6, 6.07) is 6.47. The largest absolute Gasteiger partial charge is 0.448 e. The minimum absolute atomic E-state index is 0.0322. The van der Waals surface area contributed by atoms with Gasteiger partial charge in [0, 0.05) is 58.4 Å². The van der Waals surface area contributed by atoms with Crippen molar-refractivity contribution in [3.05, 3.63) is 42.2 Å². The number of nitrogens with zero attached hydrogens (tertiary/aromatic N) is 5. The summed E-state index contributed by atoms with van der Waals surface area (Å²) in [5.74, 6) is 1.54. The summed E-state index contributed by atoms with van der Waals surface area (Å²) in [6.07, 6.45) is 3.28. The van der Waals surface area contributed by atoms with Crippen LogP contribution in [0.25, 0.3) is 0 Å². The van der Waals surface area contributed by atoms with Crippen molar-refractivity contribution < 1.29 is 9.21 Å². The average molecular weight is 327 g/mol. The number of pyridine rings is 1. The molecule has 0 bridgehead atoms. The van der Waals surface area contributed by atoms with Crippen molar-refractivity contribution in [3.63, 3.8) is 0 Å². The van der Waals surface area contributed by atoms with Crippen LogP contribution in [-0.4, -0.2) is 71.0 Å². The molecule has 0 aliphatic carbocycles. The number of amides is 1. The van der Waals surface area contributed by atoms with Gasteiger partial charge in [-0.2, -0.15) is 0 Å². The number of oxazole rings is 1. The topological polar surface area (TPSA) is 65.7 Å². The molecule has 2 aromatic rings. The highest BCUT2D eigenvalue weighted by Gasteiger charge is 2.37. The number of aryl methyl sites for hydroxylation is 1. The lowest BCUT2D eigenvalue weighted by atomic mass is 10.1. The standard InChI is InChI=1S/C17H21N5O2/c1-13-19-15(12-24-13)17(23)22-10-14(11-22)20-6-8-21(9-7-20)16-4-2-3-5-18-16/h2-5,12,14H,6-11H2,1H3. The number of aromatic nitrogens is 2. The number of anilines is 1. The molecule has 126 valence electrons. The van der Waals surface area contributed by atoms with Crippen LogP contribution in [0.2, 0.25) is 0 Å². The van der Waals surface area contributed by atoms with Gasteiger partial charge in [0.25, 0.3) is 5.91 Å². The van der Waals surface area contributed by atoms with Gasteiger partial charge in [-0.05, 0) is 12.1 Å². The quantitative estimate of drug-likeness (QED) is 0.839. The predicted octanol–water partition coefficient (Wildman–Crippen LogP) is 1.02. The van der Waals surface area contributed by atoms with E-state index in [1.807, 2.05) is 23.2 Å². The SMILES string of the molecule is Cc1nc(C(=O)N2CC(N3CCN(c4ccccn4)CC3)C2)co1. The van der Waals surface area contributed by atoms with Crippen LogP contribution in [0.15, 0.2) is 35.1 Å². The number of likely N-dealkylation sites (tertiary alicyclic amines) is 1. The Kier molecular flexibility index (Phi) is 3.93. The third-order valence-corrected chi connectivity index (χ3v) is 4.79. The first-order chi connectivity index (χ1) is 11.7. The number of hydrogen-bond donors (Lipinski definition) is 0. The van der Waals surface area contributed by atoms with E-state index in [-0.39, 0.29) is 5.91 Å². The second-order valence-electron chi connectivity index (χ2n) is 6.33. The zero-order chi connectivity index (χ0) is 16.5. The molecule has 0 radical (unpaired) electrons. The first-order valence-electron chi connectivity index (χ1n) is 8.32. The van der Waals surface area contributed by atoms with Gasteiger partial charge in [0.2, 0.25) is 0 Å². The van der Waals surface area contributed by atoms with E-state index in [1.165, 1.54) is 6.26 Å². The average Bonchev–Trinajstić information content (AvgIpc) is 3.01. The molecule has 7 nitrogen and oxygen atoms in total. The van der Waals surface area contributed by atoms with Gasteiger partial charge < -0.3 is 14.2 Å². The molecule has 4 rings (SSSR count). The Balaban J connectivity index is 1.27. The van der Waals surface area contributed by atoms with E-state index in [2.05, 4.69) is 25.8 Å². The molecule has 0 unspecified atom stereocenters. The highest BCUT2D eigenvalue weighted by molar-refractivity contribution is 5.92. The molecule has 0 aromatic carbocycles. The number of piperazine rings is 1. The lowest BCUT2D eigenvalue weighted by Gasteiger charge is -2.48. The summed E-state index contributed by atoms with van der Waals surface area (Å²) in [4.78, 5) is 27.4. The molecule has 2 saturated heterocycles. The second-order valence-corrected chi connectivity index (χ2v) is 6.33. The first-order valence-corrected chi connectivity index (χ1v) is 8.32. The molecule has 0 N–H and O–H groups in total. The van der Waals surface area contributed by atoms with Gasteiger partial charge in [0.05, 0.1) is 0 Å². The van der Waals surface area contributed by atoms with E-state index in [0.29, 0.717) is 17.6 Å². The van der Waals surface area contributed by atoms with Crippen molar-refractivity contribution >= 4 is 11.7 Å². The molecule has 0 saturated carbocycles. The van der Waals surface area contributed by atoms with Gasteiger partial charge in [0.15, 0.2) is 11.6 Å². The third-order valence-electron chi connectivity index (χ3n) is 4.79. The fourth-order valence-corrected chi connectivity index (χ4v) is 3.33. The van der Waals surface area contributed by atoms with E-state index in [1.54, 1.807) is 6.92 Å². The van der Waals surface area contributed by atoms with Crippen molar-refractivity contribution in [1.29, 1.82) is 0 Å². The van der Waals surface area contributed by atoms with Crippen molar-refractivity contribution in [1.82, 2.24) is 19.8 Å². The number of carbonyl (C=O) groups is 1. The molecule has 0 atom stereocenters. The number of hydrogen-bond acceptors (Lipinski definition) is 6. The maximum absolute atomic E-state index is 12.3. The Morgan fingerprint density at radius 1 is 1.21 bits per heavy atom. The Morgan fingerprint density at radius 3 is 2.62 bits per heavy atom. The lowest BCUT2D eigenvalue weighted by Crippen LogP contribution is -2.64. The summed E-state index contributed by atoms with van der Waals surface area (Å²) in [6.45, 7) is 7.26. The van der Waals surface area contributed by atoms with Gasteiger partial charge in [-0.3, -0.25) is 9.69 Å². The molecule has 0 spiro atoms. The van der Waals surface area contributed by atoms with Crippen LogP contribution in [-0.2, 0) is 0 Å². The van der Waals surface area contributed by atoms with Crippen molar-refractivity contribution in [2.24, 2.45) is 0 Å². The molecular formula is C17H21N5O2. The lowest BCUT2D eigenvalue weighted by molar-refractivity contribution is 0.0242. The van der Waals surface area contributed by atoms with E-state index < -0.39 is 0 Å². The van der Waals surface area contributed by atoms with Crippen molar-refractivity contribution in [2.45, 2.75) is 13.0 Å². The Hall–Kier alpha value is -2.41. The van der Waals surface area contributed by atoms with E-state index >= 15 is 0 Å². The molecule has 2 aliphatic rings. The highest BCUT2D eigenvalue weighted by Crippen LogP contribution is 2.21. The molecular weight excluding hydrogens is 306 g/mol. The van der Waals surface area contributed by atoms with Crippen LogP contribution in [0.3, 0.4) is 0 Å². The fraction of sp³-hybridized carbons (Fsp3) is 0.471. The molecule has 1 amide bonds. The number of carbonyl (C=O) groups excluding carboxylic acids is 1. The summed E-state index contributed by atoms with van der Waals surface area (Å²) >= 11 is 0. The maximum atomic E-state index is 12.3. The van der Waals surface area contributed by atoms with Crippen LogP contribution in [0.1, 0.15) is 16.4 Å². The Bertz CT molecular complexity index is 703. The van der Waals surface area contributed by atoms with Crippen LogP contribution in [0.5, 0.6) is 0 Å². The number of rotatable bonds is 3. The van der Waals surface area contributed by atoms with E-state index in [9.17, 15) is 4.79 Å². The van der Waals surface area contributed by atoms with Gasteiger partial charge in [-0.1, -0.05) is 6.07 Å². The molecule has 24 heavy (non-hydrogen) atoms. The van der Waals surface area contributed by atoms with Gasteiger partial charge in [-0.15, -0.1) is 0 Å². The molecule has 4 heterocycles. The highest BCUT2D eigenvalue weighted by atomic mass is 16.3. The van der Waals surface area contributed by atoms with Crippen LogP contribution < -0.4 is 4.90 Å². The molecule has 2 aliphatic heterocycles. The van der Waals surface area contributed by atoms with E-state index in [0.717, 1.165) is 45.1 Å². The maximum Gasteiger partial charge on any atom is 0.275 e. The minimum atomic E-state index is -0.0322. The summed E-state index contributed by atoms with van der Waals surface area (Å²) < 4.78 is 5.12. The normalized spacial score (nSPS) is 19.4. The minimum Gasteiger partial charge on any atom is -0.448 e. The Labute approximate surface area is 140 Å². The smallest absolute Gasteiger partial charge is 0.275 e. The third kappa shape index (κ3) is 2.87. The van der Waals surface area contributed by atoms with Crippen LogP contribution in [0.4, 0.5) is 5.82 Å². The van der Waals surface area contributed by atoms with Crippen LogP contribution in [0, 0.1) is 6.92 Å². The van der Waals surface area contributed by atoms with Gasteiger partial charge >= 0.3 is 0 Å². The summed E-state index contributed by atoms with van der Waals surface area (Å²) in [7, 11) is 0. The first kappa shape index (κ1) is 15.1. The second kappa shape index (κ2) is 6.24. The van der Waals surface area contributed by atoms with Crippen LogP contribution >= 0.6 is 0 Å². The Morgan fingerprint density at radius 2 is 2.00 bits per heavy atom.